The maximum atomic E-state index is 11.5. The maximum Gasteiger partial charge on any atom is 0.479 e. The summed E-state index contributed by atoms with van der Waals surface area (Å²) < 4.78 is 30.0. The van der Waals surface area contributed by atoms with Crippen LogP contribution in [0.2, 0.25) is 0 Å². The minimum absolute atomic E-state index is 0.132. The van der Waals surface area contributed by atoms with Gasteiger partial charge in [-0.15, -0.1) is 0 Å². The van der Waals surface area contributed by atoms with E-state index in [1.54, 1.807) is 0 Å². The molecule has 0 bridgehead atoms. The lowest BCUT2D eigenvalue weighted by Crippen LogP contribution is -2.06. The minimum Gasteiger partial charge on any atom is -0.379 e. The van der Waals surface area contributed by atoms with Gasteiger partial charge in [-0.3, -0.25) is 13.6 Å². The van der Waals surface area contributed by atoms with Gasteiger partial charge in [0.1, 0.15) is 0 Å². The predicted molar refractivity (Wildman–Crippen MR) is 44.2 cm³/mol. The third-order valence-electron chi connectivity index (χ3n) is 1.68. The number of hydrogen-bond donors (Lipinski definition) is 2. The standard InChI is InChI=1S/C6H13O7P/c1-10-5-2-6(5)13-14(9,11-3-7)12-4-8/h5-8H,2-4H2,1H3. The molecule has 14 heavy (non-hydrogen) atoms. The van der Waals surface area contributed by atoms with Crippen molar-refractivity contribution in [3.8, 4) is 0 Å². The second kappa shape index (κ2) is 5.18. The van der Waals surface area contributed by atoms with Crippen LogP contribution in [0, 0.1) is 0 Å². The lowest BCUT2D eigenvalue weighted by atomic mass is 10.8. The zero-order valence-corrected chi connectivity index (χ0v) is 8.55. The van der Waals surface area contributed by atoms with Crippen LogP contribution in [0.15, 0.2) is 0 Å². The Bertz CT molecular complexity index is 210. The molecule has 0 aromatic carbocycles. The van der Waals surface area contributed by atoms with E-state index in [-0.39, 0.29) is 12.2 Å². The summed E-state index contributed by atoms with van der Waals surface area (Å²) in [6.45, 7) is -1.61. The molecule has 0 spiro atoms. The molecule has 0 heterocycles. The molecule has 2 N–H and O–H groups in total. The van der Waals surface area contributed by atoms with Crippen LogP contribution in [0.3, 0.4) is 0 Å². The Balaban J connectivity index is 2.39. The second-order valence-corrected chi connectivity index (χ2v) is 4.24. The Hall–Kier alpha value is -0.0100. The third-order valence-corrected chi connectivity index (χ3v) is 3.07. The highest BCUT2D eigenvalue weighted by Gasteiger charge is 2.45. The fraction of sp³-hybridized carbons (Fsp3) is 1.00. The van der Waals surface area contributed by atoms with Gasteiger partial charge < -0.3 is 14.9 Å². The molecule has 2 unspecified atom stereocenters. The first kappa shape index (κ1) is 12.1. The SMILES string of the molecule is COC1CC1OP(=O)(OCO)OCO. The molecule has 84 valence electrons. The average Bonchev–Trinajstić information content (AvgIpc) is 2.83. The van der Waals surface area contributed by atoms with Crippen LogP contribution in [0.4, 0.5) is 0 Å². The van der Waals surface area contributed by atoms with Gasteiger partial charge in [0.05, 0.1) is 12.2 Å². The molecule has 8 heteroatoms. The van der Waals surface area contributed by atoms with E-state index in [4.69, 9.17) is 19.5 Å². The molecule has 1 aliphatic rings. The van der Waals surface area contributed by atoms with Gasteiger partial charge in [0.2, 0.25) is 0 Å². The molecule has 2 atom stereocenters. The summed E-state index contributed by atoms with van der Waals surface area (Å²) in [5.41, 5.74) is 0. The van der Waals surface area contributed by atoms with Crippen LogP contribution in [0.1, 0.15) is 6.42 Å². The van der Waals surface area contributed by atoms with E-state index in [2.05, 4.69) is 9.05 Å². The topological polar surface area (TPSA) is 94.5 Å². The van der Waals surface area contributed by atoms with Crippen molar-refractivity contribution in [2.45, 2.75) is 18.6 Å². The first-order valence-corrected chi connectivity index (χ1v) is 5.43. The van der Waals surface area contributed by atoms with Crippen LogP contribution < -0.4 is 0 Å². The van der Waals surface area contributed by atoms with E-state index in [9.17, 15) is 4.57 Å². The van der Waals surface area contributed by atoms with Crippen LogP contribution in [0.5, 0.6) is 0 Å². The number of ether oxygens (including phenoxy) is 1. The molecule has 1 rings (SSSR count). The number of hydrogen-bond acceptors (Lipinski definition) is 7. The molecule has 7 nitrogen and oxygen atoms in total. The number of methoxy groups -OCH3 is 1. The summed E-state index contributed by atoms with van der Waals surface area (Å²) in [4.78, 5) is 0. The molecular formula is C6H13O7P. The van der Waals surface area contributed by atoms with Crippen molar-refractivity contribution in [3.63, 3.8) is 0 Å². The Morgan fingerprint density at radius 3 is 2.21 bits per heavy atom. The molecule has 0 aromatic rings. The van der Waals surface area contributed by atoms with E-state index in [1.807, 2.05) is 0 Å². The summed E-state index contributed by atoms with van der Waals surface area (Å²) in [6.07, 6.45) is 0.0844. The van der Waals surface area contributed by atoms with Crippen LogP contribution in [-0.2, 0) is 22.9 Å². The van der Waals surface area contributed by atoms with Crippen molar-refractivity contribution in [2.24, 2.45) is 0 Å². The van der Waals surface area contributed by atoms with E-state index in [0.29, 0.717) is 6.42 Å². The fourth-order valence-corrected chi connectivity index (χ4v) is 1.95. The van der Waals surface area contributed by atoms with Gasteiger partial charge >= 0.3 is 7.82 Å². The molecule has 1 saturated carbocycles. The first-order chi connectivity index (χ1) is 6.65. The highest BCUT2D eigenvalue weighted by molar-refractivity contribution is 7.48. The summed E-state index contributed by atoms with van der Waals surface area (Å²) in [5, 5.41) is 16.8. The van der Waals surface area contributed by atoms with Gasteiger partial charge in [-0.05, 0) is 0 Å². The molecular weight excluding hydrogens is 215 g/mol. The number of aliphatic hydroxyl groups excluding tert-OH is 2. The largest absolute Gasteiger partial charge is 0.479 e. The zero-order valence-electron chi connectivity index (χ0n) is 7.66. The van der Waals surface area contributed by atoms with Gasteiger partial charge in [-0.25, -0.2) is 4.57 Å². The molecule has 1 fully saturated rings. The van der Waals surface area contributed by atoms with Crippen LogP contribution >= 0.6 is 7.82 Å². The zero-order chi connectivity index (χ0) is 10.6. The predicted octanol–water partition coefficient (Wildman–Crippen LogP) is -0.169. The second-order valence-electron chi connectivity index (χ2n) is 2.62. The Morgan fingerprint density at radius 2 is 1.86 bits per heavy atom. The Labute approximate surface area is 81.2 Å². The summed E-state index contributed by atoms with van der Waals surface area (Å²) in [7, 11) is -2.34. The van der Waals surface area contributed by atoms with Gasteiger partial charge in [0.25, 0.3) is 0 Å². The lowest BCUT2D eigenvalue weighted by molar-refractivity contribution is -0.00345. The molecule has 0 radical (unpaired) electrons. The molecule has 1 aliphatic carbocycles. The summed E-state index contributed by atoms with van der Waals surface area (Å²) >= 11 is 0. The van der Waals surface area contributed by atoms with Crippen molar-refractivity contribution >= 4 is 7.82 Å². The summed E-state index contributed by atoms with van der Waals surface area (Å²) in [5.74, 6) is 0. The van der Waals surface area contributed by atoms with E-state index >= 15 is 0 Å². The quantitative estimate of drug-likeness (QED) is 0.461. The maximum absolute atomic E-state index is 11.5. The third kappa shape index (κ3) is 3.29. The van der Waals surface area contributed by atoms with E-state index < -0.39 is 21.4 Å². The highest BCUT2D eigenvalue weighted by Crippen LogP contribution is 2.53. The van der Waals surface area contributed by atoms with Crippen molar-refractivity contribution in [1.82, 2.24) is 0 Å². The monoisotopic (exact) mass is 228 g/mol. The van der Waals surface area contributed by atoms with Crippen molar-refractivity contribution in [1.29, 1.82) is 0 Å². The average molecular weight is 228 g/mol. The fourth-order valence-electron chi connectivity index (χ4n) is 0.915. The summed E-state index contributed by atoms with van der Waals surface area (Å²) in [6, 6.07) is 0. The van der Waals surface area contributed by atoms with Crippen LogP contribution in [0.25, 0.3) is 0 Å². The van der Waals surface area contributed by atoms with Crippen molar-refractivity contribution < 1.29 is 33.1 Å². The normalized spacial score (nSPS) is 26.5. The van der Waals surface area contributed by atoms with Gasteiger partial charge in [-0.2, -0.15) is 0 Å². The number of phosphoric acid groups is 1. The van der Waals surface area contributed by atoms with Gasteiger partial charge in [0.15, 0.2) is 13.6 Å². The molecule has 0 aromatic heterocycles. The minimum atomic E-state index is -3.84. The smallest absolute Gasteiger partial charge is 0.379 e. The molecule has 0 amide bonds. The van der Waals surface area contributed by atoms with Crippen LogP contribution in [-0.4, -0.2) is 43.1 Å². The van der Waals surface area contributed by atoms with E-state index in [1.165, 1.54) is 7.11 Å². The van der Waals surface area contributed by atoms with E-state index in [0.717, 1.165) is 0 Å². The van der Waals surface area contributed by atoms with Gasteiger partial charge in [-0.1, -0.05) is 0 Å². The molecule has 0 aliphatic heterocycles. The Morgan fingerprint density at radius 1 is 1.29 bits per heavy atom. The lowest BCUT2D eigenvalue weighted by Gasteiger charge is -2.14. The highest BCUT2D eigenvalue weighted by atomic mass is 31.2. The molecule has 0 saturated heterocycles. The Kier molecular flexibility index (Phi) is 4.46. The number of rotatable bonds is 7. The first-order valence-electron chi connectivity index (χ1n) is 3.97. The van der Waals surface area contributed by atoms with Crippen molar-refractivity contribution in [3.05, 3.63) is 0 Å². The van der Waals surface area contributed by atoms with Gasteiger partial charge in [0, 0.05) is 13.5 Å². The number of phosphoric ester groups is 1. The number of aliphatic hydroxyl groups is 2. The van der Waals surface area contributed by atoms with Crippen molar-refractivity contribution in [2.75, 3.05) is 20.7 Å².